The molecular formula is C26H26. The van der Waals surface area contributed by atoms with Crippen LogP contribution in [0.3, 0.4) is 0 Å². The Hall–Kier alpha value is -2.34. The van der Waals surface area contributed by atoms with E-state index in [4.69, 9.17) is 0 Å². The average molecular weight is 338 g/mol. The molecule has 0 saturated heterocycles. The SMILES string of the molecule is CC1=C(C2=Cc3cc(CCc4ccccc4)ccc3C2)C2CCC=C2C1. The third kappa shape index (κ3) is 2.78. The summed E-state index contributed by atoms with van der Waals surface area (Å²) < 4.78 is 0. The van der Waals surface area contributed by atoms with Gasteiger partial charge >= 0.3 is 0 Å². The van der Waals surface area contributed by atoms with Gasteiger partial charge in [-0.25, -0.2) is 0 Å². The highest BCUT2D eigenvalue weighted by Gasteiger charge is 2.33. The van der Waals surface area contributed by atoms with E-state index < -0.39 is 0 Å². The lowest BCUT2D eigenvalue weighted by molar-refractivity contribution is 0.717. The van der Waals surface area contributed by atoms with E-state index in [0.717, 1.165) is 25.2 Å². The Labute approximate surface area is 157 Å². The number of benzene rings is 2. The summed E-state index contributed by atoms with van der Waals surface area (Å²) in [4.78, 5) is 0. The van der Waals surface area contributed by atoms with Crippen molar-refractivity contribution in [2.45, 2.75) is 45.4 Å². The molecule has 0 nitrogen and oxygen atoms in total. The first-order valence-electron chi connectivity index (χ1n) is 10.0. The van der Waals surface area contributed by atoms with Crippen LogP contribution >= 0.6 is 0 Å². The van der Waals surface area contributed by atoms with Crippen LogP contribution in [-0.4, -0.2) is 0 Å². The van der Waals surface area contributed by atoms with Crippen LogP contribution in [0.15, 0.2) is 76.9 Å². The predicted molar refractivity (Wildman–Crippen MR) is 110 cm³/mol. The van der Waals surface area contributed by atoms with Gasteiger partial charge in [0.15, 0.2) is 0 Å². The van der Waals surface area contributed by atoms with Crippen LogP contribution in [0.1, 0.15) is 48.4 Å². The largest absolute Gasteiger partial charge is 0.0844 e. The second-order valence-corrected chi connectivity index (χ2v) is 8.14. The van der Waals surface area contributed by atoms with E-state index in [9.17, 15) is 0 Å². The minimum absolute atomic E-state index is 0.730. The van der Waals surface area contributed by atoms with E-state index in [1.807, 2.05) is 0 Å². The van der Waals surface area contributed by atoms with Crippen LogP contribution in [0, 0.1) is 5.92 Å². The monoisotopic (exact) mass is 338 g/mol. The van der Waals surface area contributed by atoms with Crippen molar-refractivity contribution in [1.82, 2.24) is 0 Å². The zero-order chi connectivity index (χ0) is 17.5. The quantitative estimate of drug-likeness (QED) is 0.561. The van der Waals surface area contributed by atoms with Crippen molar-refractivity contribution in [3.8, 4) is 0 Å². The smallest absolute Gasteiger partial charge is 0.00567 e. The molecule has 130 valence electrons. The summed E-state index contributed by atoms with van der Waals surface area (Å²) in [5, 5.41) is 0. The van der Waals surface area contributed by atoms with Crippen LogP contribution in [-0.2, 0) is 19.3 Å². The maximum absolute atomic E-state index is 2.49. The minimum atomic E-state index is 0.730. The molecule has 0 bridgehead atoms. The lowest BCUT2D eigenvalue weighted by atomic mass is 9.90. The van der Waals surface area contributed by atoms with E-state index in [1.165, 1.54) is 41.5 Å². The van der Waals surface area contributed by atoms with Crippen molar-refractivity contribution in [3.63, 3.8) is 0 Å². The molecule has 3 aliphatic carbocycles. The fourth-order valence-electron chi connectivity index (χ4n) is 5.13. The highest BCUT2D eigenvalue weighted by molar-refractivity contribution is 5.71. The summed E-state index contributed by atoms with van der Waals surface area (Å²) in [5.41, 5.74) is 12.4. The molecule has 0 amide bonds. The molecule has 0 aromatic heterocycles. The van der Waals surface area contributed by atoms with Crippen molar-refractivity contribution in [2.75, 3.05) is 0 Å². The Balaban J connectivity index is 1.36. The topological polar surface area (TPSA) is 0 Å². The number of fused-ring (bicyclic) bond motifs is 2. The van der Waals surface area contributed by atoms with Gasteiger partial charge in [-0.2, -0.15) is 0 Å². The summed E-state index contributed by atoms with van der Waals surface area (Å²) in [7, 11) is 0. The van der Waals surface area contributed by atoms with Gasteiger partial charge in [-0.15, -0.1) is 0 Å². The number of aryl methyl sites for hydroxylation is 2. The van der Waals surface area contributed by atoms with Gasteiger partial charge in [-0.3, -0.25) is 0 Å². The molecule has 2 aromatic carbocycles. The maximum Gasteiger partial charge on any atom is 0.00567 e. The van der Waals surface area contributed by atoms with E-state index in [1.54, 1.807) is 22.3 Å². The summed E-state index contributed by atoms with van der Waals surface area (Å²) in [6.07, 6.45) is 12.2. The number of rotatable bonds is 4. The van der Waals surface area contributed by atoms with E-state index in [2.05, 4.69) is 67.6 Å². The minimum Gasteiger partial charge on any atom is -0.0844 e. The fraction of sp³-hybridized carbons (Fsp3) is 0.308. The fourth-order valence-corrected chi connectivity index (χ4v) is 5.13. The lowest BCUT2D eigenvalue weighted by Crippen LogP contribution is -2.01. The van der Waals surface area contributed by atoms with Crippen LogP contribution in [0.4, 0.5) is 0 Å². The van der Waals surface area contributed by atoms with Crippen LogP contribution in [0.25, 0.3) is 6.08 Å². The Morgan fingerprint density at radius 2 is 1.77 bits per heavy atom. The molecular weight excluding hydrogens is 312 g/mol. The summed E-state index contributed by atoms with van der Waals surface area (Å²) in [5.74, 6) is 0.730. The molecule has 1 unspecified atom stereocenters. The molecule has 2 aromatic rings. The highest BCUT2D eigenvalue weighted by atomic mass is 14.4. The molecule has 0 aliphatic heterocycles. The number of hydrogen-bond acceptors (Lipinski definition) is 0. The Kier molecular flexibility index (Phi) is 3.93. The molecule has 26 heavy (non-hydrogen) atoms. The molecule has 0 heteroatoms. The highest BCUT2D eigenvalue weighted by Crippen LogP contribution is 2.48. The standard InChI is InChI=1S/C26H26/c1-18-14-22-8-5-9-25(22)26(18)24-16-21-13-12-20(15-23(21)17-24)11-10-19-6-3-2-4-7-19/h2-4,6-8,12-13,15,17,25H,5,9-11,14,16H2,1H3. The van der Waals surface area contributed by atoms with E-state index in [-0.39, 0.29) is 0 Å². The molecule has 5 rings (SSSR count). The van der Waals surface area contributed by atoms with Gasteiger partial charge in [0, 0.05) is 5.92 Å². The van der Waals surface area contributed by atoms with Crippen molar-refractivity contribution >= 4 is 6.08 Å². The first-order valence-corrected chi connectivity index (χ1v) is 10.0. The van der Waals surface area contributed by atoms with Crippen molar-refractivity contribution in [2.24, 2.45) is 5.92 Å². The molecule has 3 aliphatic rings. The predicted octanol–water partition coefficient (Wildman–Crippen LogP) is 6.47. The summed E-state index contributed by atoms with van der Waals surface area (Å²) >= 11 is 0. The Morgan fingerprint density at radius 3 is 2.65 bits per heavy atom. The van der Waals surface area contributed by atoms with E-state index in [0.29, 0.717) is 0 Å². The van der Waals surface area contributed by atoms with E-state index >= 15 is 0 Å². The molecule has 0 radical (unpaired) electrons. The van der Waals surface area contributed by atoms with Gasteiger partial charge in [0.05, 0.1) is 0 Å². The second-order valence-electron chi connectivity index (χ2n) is 8.14. The average Bonchev–Trinajstić information content (AvgIpc) is 3.34. The molecule has 1 atom stereocenters. The molecule has 0 fully saturated rings. The van der Waals surface area contributed by atoms with Gasteiger partial charge in [-0.1, -0.05) is 71.8 Å². The Bertz CT molecular complexity index is 937. The van der Waals surface area contributed by atoms with Gasteiger partial charge in [-0.05, 0) is 78.8 Å². The van der Waals surface area contributed by atoms with Crippen LogP contribution < -0.4 is 0 Å². The van der Waals surface area contributed by atoms with Crippen molar-refractivity contribution in [3.05, 3.63) is 99.2 Å². The van der Waals surface area contributed by atoms with Crippen LogP contribution in [0.5, 0.6) is 0 Å². The first-order chi connectivity index (χ1) is 12.8. The van der Waals surface area contributed by atoms with Crippen LogP contribution in [0.2, 0.25) is 0 Å². The van der Waals surface area contributed by atoms with Gasteiger partial charge < -0.3 is 0 Å². The van der Waals surface area contributed by atoms with Gasteiger partial charge in [0.1, 0.15) is 0 Å². The number of hydrogen-bond donors (Lipinski definition) is 0. The van der Waals surface area contributed by atoms with Crippen molar-refractivity contribution < 1.29 is 0 Å². The molecule has 0 saturated carbocycles. The van der Waals surface area contributed by atoms with Gasteiger partial charge in [0.2, 0.25) is 0 Å². The second kappa shape index (κ2) is 6.43. The normalized spacial score (nSPS) is 20.9. The molecule has 0 N–H and O–H groups in total. The lowest BCUT2D eigenvalue weighted by Gasteiger charge is -2.14. The third-order valence-corrected chi connectivity index (χ3v) is 6.40. The molecule has 0 spiro atoms. The first kappa shape index (κ1) is 15.9. The zero-order valence-electron chi connectivity index (χ0n) is 15.6. The summed E-state index contributed by atoms with van der Waals surface area (Å²) in [6, 6.07) is 18.0. The number of allylic oxidation sites excluding steroid dienone is 5. The van der Waals surface area contributed by atoms with Crippen molar-refractivity contribution in [1.29, 1.82) is 0 Å². The summed E-state index contributed by atoms with van der Waals surface area (Å²) in [6.45, 7) is 2.35. The zero-order valence-corrected chi connectivity index (χ0v) is 15.6. The molecule has 0 heterocycles. The Morgan fingerprint density at radius 1 is 0.923 bits per heavy atom. The van der Waals surface area contributed by atoms with Gasteiger partial charge in [0.25, 0.3) is 0 Å². The maximum atomic E-state index is 2.49. The third-order valence-electron chi connectivity index (χ3n) is 6.40.